The summed E-state index contributed by atoms with van der Waals surface area (Å²) in [5.41, 5.74) is 2.83. The van der Waals surface area contributed by atoms with Crippen LogP contribution in [0.25, 0.3) is 10.9 Å². The summed E-state index contributed by atoms with van der Waals surface area (Å²) in [6, 6.07) is 5.14. The molecule has 2 aromatic rings. The average Bonchev–Trinajstić information content (AvgIpc) is 2.65. The zero-order valence-corrected chi connectivity index (χ0v) is 16.4. The van der Waals surface area contributed by atoms with E-state index in [1.165, 1.54) is 0 Å². The fraction of sp³-hybridized carbons (Fsp3) is 0.524. The minimum Gasteiger partial charge on any atom is -0.462 e. The quantitative estimate of drug-likeness (QED) is 0.688. The normalized spacial score (nSPS) is 11.3. The molecule has 1 aromatic carbocycles. The minimum absolute atomic E-state index is 0.00339. The Labute approximate surface area is 155 Å². The number of hydrogen-bond donors (Lipinski definition) is 1. The van der Waals surface area contributed by atoms with Gasteiger partial charge in [-0.15, -0.1) is 0 Å². The molecule has 0 aliphatic heterocycles. The predicted octanol–water partition coefficient (Wildman–Crippen LogP) is 4.03. The molecule has 0 saturated carbocycles. The van der Waals surface area contributed by atoms with E-state index in [2.05, 4.69) is 23.7 Å². The molecule has 5 heteroatoms. The van der Waals surface area contributed by atoms with Crippen LogP contribution in [0, 0.1) is 6.92 Å². The van der Waals surface area contributed by atoms with Gasteiger partial charge in [0.05, 0.1) is 12.2 Å². The van der Waals surface area contributed by atoms with Gasteiger partial charge in [0.25, 0.3) is 0 Å². The van der Waals surface area contributed by atoms with Crippen LogP contribution in [0.2, 0.25) is 0 Å². The van der Waals surface area contributed by atoms with Gasteiger partial charge in [0.1, 0.15) is 0 Å². The SMILES string of the molecule is CCCCN(CC)Cc1c(C)[nH]c2ccc(C(=O)OCCC)cc2c1=O. The maximum Gasteiger partial charge on any atom is 0.338 e. The van der Waals surface area contributed by atoms with E-state index in [1.807, 2.05) is 13.8 Å². The van der Waals surface area contributed by atoms with Crippen LogP contribution in [0.1, 0.15) is 61.6 Å². The first-order valence-electron chi connectivity index (χ1n) is 9.56. The number of carbonyl (C=O) groups is 1. The summed E-state index contributed by atoms with van der Waals surface area (Å²) < 4.78 is 5.19. The summed E-state index contributed by atoms with van der Waals surface area (Å²) >= 11 is 0. The fourth-order valence-electron chi connectivity index (χ4n) is 3.00. The molecular weight excluding hydrogens is 328 g/mol. The van der Waals surface area contributed by atoms with Gasteiger partial charge in [0.15, 0.2) is 5.43 Å². The van der Waals surface area contributed by atoms with Crippen molar-refractivity contribution in [3.05, 3.63) is 45.2 Å². The maximum atomic E-state index is 13.1. The third-order valence-corrected chi connectivity index (χ3v) is 4.64. The Hall–Kier alpha value is -2.14. The number of ether oxygens (including phenoxy) is 1. The molecule has 1 aromatic heterocycles. The molecule has 142 valence electrons. The molecule has 0 spiro atoms. The Morgan fingerprint density at radius 2 is 1.96 bits per heavy atom. The molecule has 0 atom stereocenters. The second kappa shape index (κ2) is 9.53. The van der Waals surface area contributed by atoms with E-state index in [-0.39, 0.29) is 11.4 Å². The first kappa shape index (κ1) is 20.2. The van der Waals surface area contributed by atoms with E-state index < -0.39 is 0 Å². The van der Waals surface area contributed by atoms with Gasteiger partial charge in [0, 0.05) is 28.7 Å². The van der Waals surface area contributed by atoms with Crippen LogP contribution >= 0.6 is 0 Å². The van der Waals surface area contributed by atoms with Gasteiger partial charge in [-0.2, -0.15) is 0 Å². The lowest BCUT2D eigenvalue weighted by atomic mass is 10.1. The molecule has 0 aliphatic rings. The molecule has 1 heterocycles. The molecule has 0 fully saturated rings. The zero-order valence-electron chi connectivity index (χ0n) is 16.4. The third-order valence-electron chi connectivity index (χ3n) is 4.64. The molecule has 0 radical (unpaired) electrons. The lowest BCUT2D eigenvalue weighted by Crippen LogP contribution is -2.28. The van der Waals surface area contributed by atoms with Crippen molar-refractivity contribution in [3.8, 4) is 0 Å². The van der Waals surface area contributed by atoms with Crippen LogP contribution < -0.4 is 5.43 Å². The Kier molecular flexibility index (Phi) is 7.39. The van der Waals surface area contributed by atoms with E-state index in [0.29, 0.717) is 24.1 Å². The second-order valence-electron chi connectivity index (χ2n) is 6.68. The van der Waals surface area contributed by atoms with Crippen molar-refractivity contribution in [2.45, 2.75) is 53.5 Å². The van der Waals surface area contributed by atoms with Crippen LogP contribution in [-0.2, 0) is 11.3 Å². The number of esters is 1. The largest absolute Gasteiger partial charge is 0.462 e. The van der Waals surface area contributed by atoms with Crippen LogP contribution in [0.4, 0.5) is 0 Å². The van der Waals surface area contributed by atoms with Gasteiger partial charge >= 0.3 is 5.97 Å². The number of aromatic amines is 1. The number of rotatable bonds is 9. The topological polar surface area (TPSA) is 62.4 Å². The van der Waals surface area contributed by atoms with Crippen LogP contribution in [0.3, 0.4) is 0 Å². The molecule has 0 saturated heterocycles. The fourth-order valence-corrected chi connectivity index (χ4v) is 3.00. The first-order chi connectivity index (χ1) is 12.5. The van der Waals surface area contributed by atoms with Crippen LogP contribution in [-0.4, -0.2) is 35.5 Å². The highest BCUT2D eigenvalue weighted by Crippen LogP contribution is 2.16. The summed E-state index contributed by atoms with van der Waals surface area (Å²) in [5, 5.41) is 0.545. The van der Waals surface area contributed by atoms with Crippen LogP contribution in [0.15, 0.2) is 23.0 Å². The molecule has 26 heavy (non-hydrogen) atoms. The Balaban J connectivity index is 2.39. The highest BCUT2D eigenvalue weighted by molar-refractivity contribution is 5.94. The summed E-state index contributed by atoms with van der Waals surface area (Å²) in [6.07, 6.45) is 3.02. The number of hydrogen-bond acceptors (Lipinski definition) is 4. The van der Waals surface area contributed by atoms with Crippen molar-refractivity contribution in [1.82, 2.24) is 9.88 Å². The number of pyridine rings is 1. The number of aromatic nitrogens is 1. The number of benzene rings is 1. The first-order valence-corrected chi connectivity index (χ1v) is 9.56. The highest BCUT2D eigenvalue weighted by atomic mass is 16.5. The molecule has 0 aliphatic carbocycles. The smallest absolute Gasteiger partial charge is 0.338 e. The molecule has 0 unspecified atom stereocenters. The Bertz CT molecular complexity index is 811. The van der Waals surface area contributed by atoms with Gasteiger partial charge < -0.3 is 9.72 Å². The monoisotopic (exact) mass is 358 g/mol. The molecule has 2 rings (SSSR count). The summed E-state index contributed by atoms with van der Waals surface area (Å²) in [6.45, 7) is 11.1. The molecular formula is C21H30N2O3. The number of aryl methyl sites for hydroxylation is 1. The van der Waals surface area contributed by atoms with Crippen molar-refractivity contribution in [3.63, 3.8) is 0 Å². The number of unbranched alkanes of at least 4 members (excludes halogenated alkanes) is 1. The van der Waals surface area contributed by atoms with Crippen molar-refractivity contribution in [2.24, 2.45) is 0 Å². The molecule has 1 N–H and O–H groups in total. The predicted molar refractivity (Wildman–Crippen MR) is 106 cm³/mol. The zero-order chi connectivity index (χ0) is 19.1. The number of nitrogens with zero attached hydrogens (tertiary/aromatic N) is 1. The van der Waals surface area contributed by atoms with Crippen molar-refractivity contribution in [1.29, 1.82) is 0 Å². The molecule has 5 nitrogen and oxygen atoms in total. The van der Waals surface area contributed by atoms with Crippen molar-refractivity contribution >= 4 is 16.9 Å². The van der Waals surface area contributed by atoms with Crippen molar-refractivity contribution < 1.29 is 9.53 Å². The summed E-state index contributed by atoms with van der Waals surface area (Å²) in [4.78, 5) is 30.8. The highest BCUT2D eigenvalue weighted by Gasteiger charge is 2.15. The van der Waals surface area contributed by atoms with Crippen molar-refractivity contribution in [2.75, 3.05) is 19.7 Å². The van der Waals surface area contributed by atoms with Gasteiger partial charge in [-0.25, -0.2) is 4.79 Å². The standard InChI is InChI=1S/C21H30N2O3/c1-5-8-11-23(7-3)14-18-15(4)22-19-10-9-16(13-17(19)20(18)24)21(25)26-12-6-2/h9-10,13H,5-8,11-12,14H2,1-4H3,(H,22,24). The van der Waals surface area contributed by atoms with E-state index in [4.69, 9.17) is 4.74 Å². The molecule has 0 bridgehead atoms. The lowest BCUT2D eigenvalue weighted by Gasteiger charge is -2.21. The molecule has 0 amide bonds. The number of H-pyrrole nitrogens is 1. The average molecular weight is 358 g/mol. The summed E-state index contributed by atoms with van der Waals surface area (Å²) in [7, 11) is 0. The van der Waals surface area contributed by atoms with Gasteiger partial charge in [-0.3, -0.25) is 9.69 Å². The Morgan fingerprint density at radius 1 is 1.19 bits per heavy atom. The maximum absolute atomic E-state index is 13.1. The van der Waals surface area contributed by atoms with E-state index in [0.717, 1.165) is 49.1 Å². The number of fused-ring (bicyclic) bond motifs is 1. The lowest BCUT2D eigenvalue weighted by molar-refractivity contribution is 0.0505. The van der Waals surface area contributed by atoms with E-state index in [9.17, 15) is 9.59 Å². The number of nitrogens with one attached hydrogen (secondary N) is 1. The van der Waals surface area contributed by atoms with E-state index in [1.54, 1.807) is 18.2 Å². The summed E-state index contributed by atoms with van der Waals surface area (Å²) in [5.74, 6) is -0.381. The van der Waals surface area contributed by atoms with Gasteiger partial charge in [-0.05, 0) is 51.1 Å². The Morgan fingerprint density at radius 3 is 2.62 bits per heavy atom. The minimum atomic E-state index is -0.381. The number of carbonyl (C=O) groups excluding carboxylic acids is 1. The second-order valence-corrected chi connectivity index (χ2v) is 6.68. The van der Waals surface area contributed by atoms with Gasteiger partial charge in [-0.1, -0.05) is 27.2 Å². The van der Waals surface area contributed by atoms with Gasteiger partial charge in [0.2, 0.25) is 0 Å². The third kappa shape index (κ3) is 4.73. The van der Waals surface area contributed by atoms with E-state index >= 15 is 0 Å². The van der Waals surface area contributed by atoms with Crippen LogP contribution in [0.5, 0.6) is 0 Å².